The van der Waals surface area contributed by atoms with Crippen molar-refractivity contribution < 1.29 is 0 Å². The van der Waals surface area contributed by atoms with Crippen LogP contribution in [0.4, 0.5) is 0 Å². The molecule has 0 spiro atoms. The van der Waals surface area contributed by atoms with Gasteiger partial charge in [0, 0.05) is 0 Å². The molecule has 0 bridgehead atoms. The van der Waals surface area contributed by atoms with Crippen molar-refractivity contribution in [3.63, 3.8) is 0 Å². The summed E-state index contributed by atoms with van der Waals surface area (Å²) in [5.74, 6) is 3.56. The van der Waals surface area contributed by atoms with Crippen molar-refractivity contribution in [3.05, 3.63) is 0 Å². The third-order valence-corrected chi connectivity index (χ3v) is 1.50. The standard InChI is InChI=1S/C2H6SSi/c1-3-4-2/h4H,1H2,2H3. The lowest BCUT2D eigenvalue weighted by Crippen LogP contribution is -1.35. The molecule has 0 unspecified atom stereocenters. The van der Waals surface area contributed by atoms with E-state index < -0.39 is 0 Å². The molecule has 0 aliphatic rings. The molecule has 0 saturated carbocycles. The SMILES string of the molecule is C=S=[SiH]C. The predicted molar refractivity (Wildman–Crippen MR) is 27.7 cm³/mol. The monoisotopic (exact) mass is 90.0 g/mol. The minimum absolute atomic E-state index is 0.588. The third-order valence-electron chi connectivity index (χ3n) is 0.167. The quantitative estimate of drug-likeness (QED) is 0.301. The van der Waals surface area contributed by atoms with Crippen molar-refractivity contribution in [1.82, 2.24) is 0 Å². The lowest BCUT2D eigenvalue weighted by Gasteiger charge is -1.36. The van der Waals surface area contributed by atoms with Gasteiger partial charge in [0.2, 0.25) is 0 Å². The maximum absolute atomic E-state index is 3.56. The highest BCUT2D eigenvalue weighted by molar-refractivity contribution is 8.00. The molecule has 0 N–H and O–H groups in total. The Kier molecular flexibility index (Phi) is 3.56. The van der Waals surface area contributed by atoms with Crippen molar-refractivity contribution in [2.45, 2.75) is 6.55 Å². The molecule has 4 heavy (non-hydrogen) atoms. The molecule has 0 aromatic carbocycles. The van der Waals surface area contributed by atoms with Crippen LogP contribution >= 0.6 is 10.3 Å². The topological polar surface area (TPSA) is 0 Å². The van der Waals surface area contributed by atoms with Crippen LogP contribution in [0.2, 0.25) is 6.55 Å². The van der Waals surface area contributed by atoms with E-state index in [4.69, 9.17) is 0 Å². The van der Waals surface area contributed by atoms with Crippen LogP contribution < -0.4 is 0 Å². The summed E-state index contributed by atoms with van der Waals surface area (Å²) in [4.78, 5) is 0. The van der Waals surface area contributed by atoms with Gasteiger partial charge in [-0.25, -0.2) is 10.3 Å². The first-order chi connectivity index (χ1) is 1.91. The van der Waals surface area contributed by atoms with Gasteiger partial charge in [0.25, 0.3) is 0 Å². The largest absolute Gasteiger partial charge is 0.203 e. The molecule has 0 aliphatic heterocycles. The number of rotatable bonds is 0. The highest BCUT2D eigenvalue weighted by Crippen LogP contribution is 1.44. The van der Waals surface area contributed by atoms with Gasteiger partial charge in [-0.3, -0.25) is 0 Å². The van der Waals surface area contributed by atoms with Gasteiger partial charge in [0.15, 0.2) is 0 Å². The summed E-state index contributed by atoms with van der Waals surface area (Å²) in [6.07, 6.45) is 0. The molecule has 0 rings (SSSR count). The molecule has 0 saturated heterocycles. The van der Waals surface area contributed by atoms with Gasteiger partial charge in [-0.2, -0.15) is 0 Å². The summed E-state index contributed by atoms with van der Waals surface area (Å²) in [6.45, 7) is 2.16. The second-order valence-corrected chi connectivity index (χ2v) is 3.62. The smallest absolute Gasteiger partial charge is 0.0604 e. The fraction of sp³-hybridized carbons (Fsp3) is 0.500. The van der Waals surface area contributed by atoms with Crippen molar-refractivity contribution in [2.75, 3.05) is 0 Å². The van der Waals surface area contributed by atoms with Gasteiger partial charge in [-0.15, -0.1) is 0 Å². The van der Waals surface area contributed by atoms with Crippen molar-refractivity contribution in [1.29, 1.82) is 0 Å². The Bertz CT molecular complexity index is 44.0. The molecule has 2 heteroatoms. The lowest BCUT2D eigenvalue weighted by molar-refractivity contribution is 2.39. The van der Waals surface area contributed by atoms with E-state index in [2.05, 4.69) is 12.4 Å². The van der Waals surface area contributed by atoms with Crippen LogP contribution in [0.1, 0.15) is 0 Å². The Morgan fingerprint density at radius 1 is 2.00 bits per heavy atom. The molecule has 0 atom stereocenters. The van der Waals surface area contributed by atoms with Crippen molar-refractivity contribution in [2.24, 2.45) is 0 Å². The Labute approximate surface area is 31.8 Å². The molecule has 0 radical (unpaired) electrons. The highest BCUT2D eigenvalue weighted by Gasteiger charge is 1.27. The lowest BCUT2D eigenvalue weighted by atomic mass is 11.9. The fourth-order valence-electron chi connectivity index (χ4n) is 0. The van der Waals surface area contributed by atoms with Crippen molar-refractivity contribution in [3.8, 4) is 0 Å². The van der Waals surface area contributed by atoms with Crippen LogP contribution in [0.5, 0.6) is 0 Å². The van der Waals surface area contributed by atoms with E-state index in [1.807, 2.05) is 0 Å². The summed E-state index contributed by atoms with van der Waals surface area (Å²) in [6, 6.07) is 0. The first-order valence-corrected chi connectivity index (χ1v) is 4.72. The van der Waals surface area contributed by atoms with Gasteiger partial charge >= 0.3 is 0 Å². The number of hydrogen-bond acceptors (Lipinski definition) is 0. The van der Waals surface area contributed by atoms with Gasteiger partial charge < -0.3 is 0 Å². The van der Waals surface area contributed by atoms with E-state index in [0.717, 1.165) is 0 Å². The van der Waals surface area contributed by atoms with Gasteiger partial charge in [-0.1, -0.05) is 5.87 Å². The Balaban J connectivity index is 3.11. The van der Waals surface area contributed by atoms with Crippen LogP contribution in [0.3, 0.4) is 0 Å². The summed E-state index contributed by atoms with van der Waals surface area (Å²) in [5.41, 5.74) is 0. The third kappa shape index (κ3) is 2.31. The zero-order valence-electron chi connectivity index (χ0n) is 2.69. The van der Waals surface area contributed by atoms with E-state index in [9.17, 15) is 0 Å². The second-order valence-electron chi connectivity index (χ2n) is 0.402. The second kappa shape index (κ2) is 3.31. The molecule has 0 aromatic rings. The van der Waals surface area contributed by atoms with Gasteiger partial charge in [-0.05, 0) is 6.55 Å². The molecular formula is C2H6SSi. The zero-order valence-corrected chi connectivity index (χ0v) is 4.66. The van der Waals surface area contributed by atoms with Crippen LogP contribution in [-0.2, 0) is 0 Å². The average molecular weight is 90.2 g/mol. The molecule has 0 amide bonds. The summed E-state index contributed by atoms with van der Waals surface area (Å²) in [7, 11) is 2.28. The zero-order chi connectivity index (χ0) is 3.41. The maximum atomic E-state index is 3.56. The Hall–Kier alpha value is 0.307. The molecular weight excluding hydrogens is 84.2 g/mol. The van der Waals surface area contributed by atoms with Crippen LogP contribution in [-0.4, -0.2) is 14.1 Å². The van der Waals surface area contributed by atoms with E-state index in [-0.39, 0.29) is 0 Å². The normalized spacial score (nSPS) is 5.25. The highest BCUT2D eigenvalue weighted by atomic mass is 32.2. The summed E-state index contributed by atoms with van der Waals surface area (Å²) in [5, 5.41) is 0. The molecule has 0 fully saturated rings. The fourth-order valence-corrected chi connectivity index (χ4v) is 0. The minimum Gasteiger partial charge on any atom is -0.203 e. The van der Waals surface area contributed by atoms with Crippen molar-refractivity contribution >= 4 is 24.4 Å². The first kappa shape index (κ1) is 4.31. The molecule has 0 heterocycles. The molecule has 0 aromatic heterocycles. The Morgan fingerprint density at radius 2 is 2.25 bits per heavy atom. The van der Waals surface area contributed by atoms with Crippen LogP contribution in [0, 0.1) is 0 Å². The maximum Gasteiger partial charge on any atom is 0.0604 e. The summed E-state index contributed by atoms with van der Waals surface area (Å²) < 4.78 is 0. The van der Waals surface area contributed by atoms with Crippen LogP contribution in [0.15, 0.2) is 0 Å². The van der Waals surface area contributed by atoms with Crippen LogP contribution in [0.25, 0.3) is 0 Å². The van der Waals surface area contributed by atoms with E-state index in [1.54, 1.807) is 10.3 Å². The molecule has 0 nitrogen and oxygen atoms in total. The van der Waals surface area contributed by atoms with Gasteiger partial charge in [0.1, 0.15) is 0 Å². The summed E-state index contributed by atoms with van der Waals surface area (Å²) >= 11 is 0. The van der Waals surface area contributed by atoms with E-state index >= 15 is 0 Å². The Morgan fingerprint density at radius 3 is 2.25 bits per heavy atom. The minimum atomic E-state index is 0.588. The predicted octanol–water partition coefficient (Wildman–Crippen LogP) is 0.551. The van der Waals surface area contributed by atoms with E-state index in [0.29, 0.717) is 8.23 Å². The molecule has 24 valence electrons. The first-order valence-electron chi connectivity index (χ1n) is 1.10. The number of hydrogen-bond donors (Lipinski definition) is 0. The van der Waals surface area contributed by atoms with Gasteiger partial charge in [0.05, 0.1) is 8.23 Å². The molecule has 0 aliphatic carbocycles. The average Bonchev–Trinajstić information content (AvgIpc) is 1.37. The van der Waals surface area contributed by atoms with E-state index in [1.165, 1.54) is 0 Å².